The van der Waals surface area contributed by atoms with E-state index in [0.717, 1.165) is 57.8 Å². The number of rotatable bonds is 15. The summed E-state index contributed by atoms with van der Waals surface area (Å²) in [7, 11) is 1.40. The van der Waals surface area contributed by atoms with Gasteiger partial charge in [-0.3, -0.25) is 4.79 Å². The molecule has 2 fully saturated rings. The molecule has 0 aromatic rings. The van der Waals surface area contributed by atoms with Crippen LogP contribution in [-0.4, -0.2) is 37.5 Å². The largest absolute Gasteiger partial charge is 0.469 e. The third-order valence-electron chi connectivity index (χ3n) is 6.20. The summed E-state index contributed by atoms with van der Waals surface area (Å²) in [5.41, 5.74) is 0. The highest BCUT2D eigenvalue weighted by molar-refractivity contribution is 5.69. The predicted octanol–water partition coefficient (Wildman–Crippen LogP) is 6.78. The van der Waals surface area contributed by atoms with Crippen LogP contribution in [0.3, 0.4) is 0 Å². The smallest absolute Gasteiger partial charge is 0.308 e. The van der Waals surface area contributed by atoms with Crippen molar-refractivity contribution < 1.29 is 24.0 Å². The second-order valence-electron chi connectivity index (χ2n) is 8.89. The molecule has 2 heterocycles. The Balaban J connectivity index is 1.44. The highest BCUT2D eigenvalue weighted by atomic mass is 17.2. The van der Waals surface area contributed by atoms with E-state index in [1.807, 2.05) is 0 Å². The molecule has 5 nitrogen and oxygen atoms in total. The molecule has 0 aliphatic carbocycles. The lowest BCUT2D eigenvalue weighted by atomic mass is 10.0. The summed E-state index contributed by atoms with van der Waals surface area (Å²) in [6.45, 7) is 2.17. The van der Waals surface area contributed by atoms with Gasteiger partial charge in [-0.1, -0.05) is 62.6 Å². The zero-order valence-electron chi connectivity index (χ0n) is 20.2. The third-order valence-corrected chi connectivity index (χ3v) is 6.20. The number of hydrogen-bond acceptors (Lipinski definition) is 5. The van der Waals surface area contributed by atoms with Gasteiger partial charge in [-0.2, -0.15) is 0 Å². The van der Waals surface area contributed by atoms with Gasteiger partial charge < -0.3 is 9.47 Å². The van der Waals surface area contributed by atoms with Crippen molar-refractivity contribution in [3.05, 3.63) is 36.5 Å². The molecule has 0 N–H and O–H groups in total. The number of ether oxygens (including phenoxy) is 2. The Labute approximate surface area is 195 Å². The van der Waals surface area contributed by atoms with Gasteiger partial charge in [-0.15, -0.1) is 0 Å². The molecular formula is C27H44O5. The Hall–Kier alpha value is -1.43. The van der Waals surface area contributed by atoms with E-state index in [2.05, 4.69) is 48.1 Å². The van der Waals surface area contributed by atoms with E-state index in [4.69, 9.17) is 14.5 Å². The van der Waals surface area contributed by atoms with E-state index in [1.54, 1.807) is 0 Å². The van der Waals surface area contributed by atoms with E-state index in [0.29, 0.717) is 6.10 Å². The minimum atomic E-state index is -0.256. The summed E-state index contributed by atoms with van der Waals surface area (Å²) in [6.07, 6.45) is 28.5. The van der Waals surface area contributed by atoms with Gasteiger partial charge in [0.05, 0.1) is 25.7 Å². The van der Waals surface area contributed by atoms with Crippen LogP contribution in [0.1, 0.15) is 96.8 Å². The van der Waals surface area contributed by atoms with Crippen molar-refractivity contribution in [2.75, 3.05) is 7.11 Å². The normalized spacial score (nSPS) is 26.6. The Kier molecular flexibility index (Phi) is 14.3. The average molecular weight is 449 g/mol. The minimum absolute atomic E-state index is 0.0115. The van der Waals surface area contributed by atoms with Crippen molar-refractivity contribution in [3.8, 4) is 0 Å². The molecule has 0 spiro atoms. The molecule has 0 amide bonds. The molecule has 4 atom stereocenters. The Morgan fingerprint density at radius 1 is 0.812 bits per heavy atom. The summed E-state index contributed by atoms with van der Waals surface area (Å²) in [6, 6.07) is 0. The standard InChI is InChI=1S/C27H44O5/c1-3-4-5-6-7-8-9-10-11-12-13-14-15-16-17-23-18-20-25(30-23)26-21-19-24(31-32-26)22-27(28)29-2/h4-5,8-11,23-26H,3,6-7,12-22H2,1-2H3/b5-4+,9-8+,11-10+/t23-,24+,25+,26+/m1/s1. The topological polar surface area (TPSA) is 54.0 Å². The van der Waals surface area contributed by atoms with Crippen LogP contribution in [0.25, 0.3) is 0 Å². The summed E-state index contributed by atoms with van der Waals surface area (Å²) in [5, 5.41) is 0. The molecular weight excluding hydrogens is 404 g/mol. The maximum atomic E-state index is 11.3. The fourth-order valence-corrected chi connectivity index (χ4v) is 4.28. The Bertz CT molecular complexity index is 575. The first-order valence-corrected chi connectivity index (χ1v) is 12.7. The van der Waals surface area contributed by atoms with Crippen LogP contribution < -0.4 is 0 Å². The number of esters is 1. The number of carbonyl (C=O) groups is 1. The number of carbonyl (C=O) groups excluding carboxylic acids is 1. The van der Waals surface area contributed by atoms with Crippen LogP contribution in [0.4, 0.5) is 0 Å². The van der Waals surface area contributed by atoms with Gasteiger partial charge in [-0.05, 0) is 64.2 Å². The SMILES string of the molecule is CC/C=C/CC/C=C/C=C/CCCCCC[C@@H]1CC[C@@H]([C@@H]2CC[C@@H](CC(=O)OC)OO2)O1. The molecule has 0 bridgehead atoms. The number of hydrogen-bond donors (Lipinski definition) is 0. The number of methoxy groups -OCH3 is 1. The van der Waals surface area contributed by atoms with Gasteiger partial charge in [0.2, 0.25) is 0 Å². The van der Waals surface area contributed by atoms with Gasteiger partial charge in [-0.25, -0.2) is 9.78 Å². The maximum absolute atomic E-state index is 11.3. The van der Waals surface area contributed by atoms with Gasteiger partial charge in [0.15, 0.2) is 0 Å². The molecule has 182 valence electrons. The molecule has 2 aliphatic heterocycles. The number of allylic oxidation sites excluding steroid dienone is 6. The summed E-state index contributed by atoms with van der Waals surface area (Å²) in [5.74, 6) is -0.256. The highest BCUT2D eigenvalue weighted by Crippen LogP contribution is 2.32. The van der Waals surface area contributed by atoms with Crippen molar-refractivity contribution >= 4 is 5.97 Å². The van der Waals surface area contributed by atoms with Crippen molar-refractivity contribution in [1.29, 1.82) is 0 Å². The van der Waals surface area contributed by atoms with Crippen LogP contribution in [0.15, 0.2) is 36.5 Å². The highest BCUT2D eigenvalue weighted by Gasteiger charge is 2.36. The monoisotopic (exact) mass is 448 g/mol. The van der Waals surface area contributed by atoms with E-state index in [1.165, 1.54) is 32.8 Å². The van der Waals surface area contributed by atoms with E-state index < -0.39 is 0 Å². The first-order valence-electron chi connectivity index (χ1n) is 12.7. The summed E-state index contributed by atoms with van der Waals surface area (Å²) >= 11 is 0. The lowest BCUT2D eigenvalue weighted by Crippen LogP contribution is -2.37. The lowest BCUT2D eigenvalue weighted by Gasteiger charge is -2.30. The fraction of sp³-hybridized carbons (Fsp3) is 0.741. The van der Waals surface area contributed by atoms with Gasteiger partial charge in [0.1, 0.15) is 12.2 Å². The molecule has 5 heteroatoms. The maximum Gasteiger partial charge on any atom is 0.308 e. The second kappa shape index (κ2) is 17.1. The molecule has 2 saturated heterocycles. The number of unbranched alkanes of at least 4 members (excludes halogenated alkanes) is 5. The summed E-state index contributed by atoms with van der Waals surface area (Å²) < 4.78 is 10.9. The van der Waals surface area contributed by atoms with Crippen molar-refractivity contribution in [2.45, 2.75) is 121 Å². The van der Waals surface area contributed by atoms with Crippen molar-refractivity contribution in [1.82, 2.24) is 0 Å². The van der Waals surface area contributed by atoms with E-state index >= 15 is 0 Å². The Morgan fingerprint density at radius 3 is 2.28 bits per heavy atom. The first kappa shape index (κ1) is 26.8. The third kappa shape index (κ3) is 11.4. The molecule has 0 aromatic heterocycles. The van der Waals surface area contributed by atoms with E-state index in [9.17, 15) is 4.79 Å². The zero-order chi connectivity index (χ0) is 22.9. The molecule has 0 saturated carbocycles. The predicted molar refractivity (Wildman–Crippen MR) is 128 cm³/mol. The van der Waals surface area contributed by atoms with Gasteiger partial charge in [0, 0.05) is 0 Å². The average Bonchev–Trinajstić information content (AvgIpc) is 3.28. The summed E-state index contributed by atoms with van der Waals surface area (Å²) in [4.78, 5) is 22.3. The first-order chi connectivity index (χ1) is 15.7. The Morgan fingerprint density at radius 2 is 1.53 bits per heavy atom. The molecule has 0 unspecified atom stereocenters. The van der Waals surface area contributed by atoms with Crippen LogP contribution >= 0.6 is 0 Å². The van der Waals surface area contributed by atoms with Crippen LogP contribution in [0.5, 0.6) is 0 Å². The van der Waals surface area contributed by atoms with E-state index in [-0.39, 0.29) is 30.7 Å². The van der Waals surface area contributed by atoms with Gasteiger partial charge >= 0.3 is 5.97 Å². The fourth-order valence-electron chi connectivity index (χ4n) is 4.28. The zero-order valence-corrected chi connectivity index (χ0v) is 20.2. The molecule has 2 rings (SSSR count). The molecule has 0 radical (unpaired) electrons. The van der Waals surface area contributed by atoms with Gasteiger partial charge in [0.25, 0.3) is 0 Å². The molecule has 32 heavy (non-hydrogen) atoms. The van der Waals surface area contributed by atoms with Crippen molar-refractivity contribution in [2.24, 2.45) is 0 Å². The quantitative estimate of drug-likeness (QED) is 0.0909. The van der Waals surface area contributed by atoms with Crippen LogP contribution in [0.2, 0.25) is 0 Å². The second-order valence-corrected chi connectivity index (χ2v) is 8.89. The van der Waals surface area contributed by atoms with Crippen LogP contribution in [-0.2, 0) is 24.0 Å². The molecule has 0 aromatic carbocycles. The lowest BCUT2D eigenvalue weighted by molar-refractivity contribution is -0.385. The molecule has 2 aliphatic rings. The minimum Gasteiger partial charge on any atom is -0.469 e. The van der Waals surface area contributed by atoms with Crippen molar-refractivity contribution in [3.63, 3.8) is 0 Å². The van der Waals surface area contributed by atoms with Crippen LogP contribution in [0, 0.1) is 0 Å².